The van der Waals surface area contributed by atoms with Crippen molar-refractivity contribution in [3.05, 3.63) is 70.9 Å². The second kappa shape index (κ2) is 6.95. The van der Waals surface area contributed by atoms with E-state index >= 15 is 0 Å². The zero-order chi connectivity index (χ0) is 15.2. The average molecular weight is 302 g/mol. The van der Waals surface area contributed by atoms with E-state index < -0.39 is 0 Å². The maximum absolute atomic E-state index is 12.0. The van der Waals surface area contributed by atoms with E-state index in [-0.39, 0.29) is 5.78 Å². The van der Waals surface area contributed by atoms with Gasteiger partial charge >= 0.3 is 0 Å². The minimum atomic E-state index is -0.0890. The van der Waals surface area contributed by atoms with Crippen molar-refractivity contribution < 1.29 is 9.53 Å². The predicted molar refractivity (Wildman–Crippen MR) is 86.3 cm³/mol. The molecule has 0 saturated carbocycles. The summed E-state index contributed by atoms with van der Waals surface area (Å²) >= 11 is 6.16. The van der Waals surface area contributed by atoms with E-state index in [1.54, 1.807) is 37.6 Å². The number of rotatable bonds is 5. The highest BCUT2D eigenvalue weighted by Crippen LogP contribution is 2.24. The molecule has 2 rings (SSSR count). The fourth-order valence-electron chi connectivity index (χ4n) is 1.82. The monoisotopic (exact) mass is 301 g/mol. The lowest BCUT2D eigenvalue weighted by atomic mass is 10.1. The molecule has 0 aromatic heterocycles. The molecule has 0 amide bonds. The molecule has 2 aromatic rings. The third-order valence-electron chi connectivity index (χ3n) is 3.04. The van der Waals surface area contributed by atoms with E-state index in [1.165, 1.54) is 6.08 Å². The summed E-state index contributed by atoms with van der Waals surface area (Å²) in [6.45, 7) is 1.93. The van der Waals surface area contributed by atoms with Crippen molar-refractivity contribution in [1.29, 1.82) is 0 Å². The van der Waals surface area contributed by atoms with Gasteiger partial charge in [0.2, 0.25) is 0 Å². The largest absolute Gasteiger partial charge is 0.497 e. The van der Waals surface area contributed by atoms with Crippen LogP contribution in [0.3, 0.4) is 0 Å². The van der Waals surface area contributed by atoms with Gasteiger partial charge < -0.3 is 10.1 Å². The molecular weight excluding hydrogens is 286 g/mol. The molecular formula is C17H16ClNO2. The number of carbonyl (C=O) groups excluding carboxylic acids is 1. The van der Waals surface area contributed by atoms with Crippen LogP contribution in [0.2, 0.25) is 5.02 Å². The van der Waals surface area contributed by atoms with Crippen LogP contribution in [0.4, 0.5) is 5.69 Å². The van der Waals surface area contributed by atoms with Crippen LogP contribution in [-0.2, 0) is 0 Å². The summed E-state index contributed by atoms with van der Waals surface area (Å²) in [5.41, 5.74) is 2.36. The highest BCUT2D eigenvalue weighted by molar-refractivity contribution is 6.34. The van der Waals surface area contributed by atoms with Gasteiger partial charge in [0.1, 0.15) is 5.75 Å². The third-order valence-corrected chi connectivity index (χ3v) is 3.54. The van der Waals surface area contributed by atoms with Gasteiger partial charge in [-0.3, -0.25) is 4.79 Å². The fraction of sp³-hybridized carbons (Fsp3) is 0.118. The Hall–Kier alpha value is -2.26. The molecule has 0 heterocycles. The SMILES string of the molecule is COc1ccc(C(=O)C=CNc2cccc(C)c2Cl)cc1. The lowest BCUT2D eigenvalue weighted by Gasteiger charge is -2.05. The van der Waals surface area contributed by atoms with Crippen LogP contribution in [0.15, 0.2) is 54.7 Å². The van der Waals surface area contributed by atoms with Gasteiger partial charge in [0.15, 0.2) is 5.78 Å². The van der Waals surface area contributed by atoms with Crippen molar-refractivity contribution >= 4 is 23.1 Å². The summed E-state index contributed by atoms with van der Waals surface area (Å²) in [5, 5.41) is 3.67. The molecule has 2 aromatic carbocycles. The Morgan fingerprint density at radius 3 is 2.57 bits per heavy atom. The maximum Gasteiger partial charge on any atom is 0.187 e. The highest BCUT2D eigenvalue weighted by Gasteiger charge is 2.03. The van der Waals surface area contributed by atoms with E-state index in [0.717, 1.165) is 17.0 Å². The van der Waals surface area contributed by atoms with Crippen molar-refractivity contribution in [2.45, 2.75) is 6.92 Å². The number of carbonyl (C=O) groups is 1. The first-order valence-electron chi connectivity index (χ1n) is 6.48. The van der Waals surface area contributed by atoms with Crippen molar-refractivity contribution in [2.75, 3.05) is 12.4 Å². The highest BCUT2D eigenvalue weighted by atomic mass is 35.5. The number of aryl methyl sites for hydroxylation is 1. The summed E-state index contributed by atoms with van der Waals surface area (Å²) < 4.78 is 5.06. The zero-order valence-corrected chi connectivity index (χ0v) is 12.6. The van der Waals surface area contributed by atoms with Crippen molar-refractivity contribution in [2.24, 2.45) is 0 Å². The first-order valence-corrected chi connectivity index (χ1v) is 6.86. The van der Waals surface area contributed by atoms with Gasteiger partial charge in [-0.25, -0.2) is 0 Å². The molecule has 21 heavy (non-hydrogen) atoms. The molecule has 0 saturated heterocycles. The Labute approximate surface area is 129 Å². The van der Waals surface area contributed by atoms with Crippen molar-refractivity contribution in [1.82, 2.24) is 0 Å². The molecule has 4 heteroatoms. The number of methoxy groups -OCH3 is 1. The van der Waals surface area contributed by atoms with Gasteiger partial charge in [-0.15, -0.1) is 0 Å². The number of anilines is 1. The summed E-state index contributed by atoms with van der Waals surface area (Å²) in [5.74, 6) is 0.633. The number of nitrogens with one attached hydrogen (secondary N) is 1. The quantitative estimate of drug-likeness (QED) is 0.654. The van der Waals surface area contributed by atoms with E-state index in [4.69, 9.17) is 16.3 Å². The molecule has 0 atom stereocenters. The minimum absolute atomic E-state index is 0.0890. The van der Waals surface area contributed by atoms with Crippen LogP contribution in [0.5, 0.6) is 5.75 Å². The average Bonchev–Trinajstić information content (AvgIpc) is 2.51. The first kappa shape index (κ1) is 15.1. The second-order valence-corrected chi connectivity index (χ2v) is 4.88. The molecule has 0 radical (unpaired) electrons. The lowest BCUT2D eigenvalue weighted by Crippen LogP contribution is -1.97. The van der Waals surface area contributed by atoms with Gasteiger partial charge in [-0.05, 0) is 42.8 Å². The first-order chi connectivity index (χ1) is 10.1. The zero-order valence-electron chi connectivity index (χ0n) is 11.9. The van der Waals surface area contributed by atoms with Crippen LogP contribution >= 0.6 is 11.6 Å². The normalized spacial score (nSPS) is 10.6. The molecule has 0 unspecified atom stereocenters. The van der Waals surface area contributed by atoms with E-state index in [0.29, 0.717) is 10.6 Å². The number of benzene rings is 2. The topological polar surface area (TPSA) is 38.3 Å². The third kappa shape index (κ3) is 3.86. The number of halogens is 1. The summed E-state index contributed by atoms with van der Waals surface area (Å²) in [4.78, 5) is 12.0. The van der Waals surface area contributed by atoms with E-state index in [2.05, 4.69) is 5.32 Å². The van der Waals surface area contributed by atoms with E-state index in [1.807, 2.05) is 25.1 Å². The Balaban J connectivity index is 2.03. The second-order valence-electron chi connectivity index (χ2n) is 4.51. The van der Waals surface area contributed by atoms with Gasteiger partial charge in [0.25, 0.3) is 0 Å². The summed E-state index contributed by atoms with van der Waals surface area (Å²) in [7, 11) is 1.59. The van der Waals surface area contributed by atoms with Crippen molar-refractivity contribution in [3.8, 4) is 5.75 Å². The number of hydrogen-bond acceptors (Lipinski definition) is 3. The smallest absolute Gasteiger partial charge is 0.187 e. The standard InChI is InChI=1S/C17H16ClNO2/c1-12-4-3-5-15(17(12)18)19-11-10-16(20)13-6-8-14(21-2)9-7-13/h3-11,19H,1-2H3. The molecule has 0 aliphatic rings. The van der Waals surface area contributed by atoms with E-state index in [9.17, 15) is 4.79 Å². The Bertz CT molecular complexity index is 663. The Kier molecular flexibility index (Phi) is 5.01. The summed E-state index contributed by atoms with van der Waals surface area (Å²) in [6.07, 6.45) is 3.06. The fourth-order valence-corrected chi connectivity index (χ4v) is 2.00. The molecule has 0 aliphatic carbocycles. The van der Waals surface area contributed by atoms with Crippen LogP contribution < -0.4 is 10.1 Å². The molecule has 1 N–H and O–H groups in total. The van der Waals surface area contributed by atoms with Crippen LogP contribution in [-0.4, -0.2) is 12.9 Å². The van der Waals surface area contributed by atoms with Crippen LogP contribution in [0.1, 0.15) is 15.9 Å². The number of ether oxygens (including phenoxy) is 1. The van der Waals surface area contributed by atoms with Gasteiger partial charge in [-0.2, -0.15) is 0 Å². The summed E-state index contributed by atoms with van der Waals surface area (Å²) in [6, 6.07) is 12.7. The van der Waals surface area contributed by atoms with Crippen LogP contribution in [0.25, 0.3) is 0 Å². The maximum atomic E-state index is 12.0. The molecule has 3 nitrogen and oxygen atoms in total. The molecule has 108 valence electrons. The van der Waals surface area contributed by atoms with Gasteiger partial charge in [0.05, 0.1) is 17.8 Å². The number of ketones is 1. The molecule has 0 bridgehead atoms. The Morgan fingerprint density at radius 1 is 1.19 bits per heavy atom. The number of hydrogen-bond donors (Lipinski definition) is 1. The van der Waals surface area contributed by atoms with Crippen LogP contribution in [0, 0.1) is 6.92 Å². The molecule has 0 aliphatic heterocycles. The minimum Gasteiger partial charge on any atom is -0.497 e. The van der Waals surface area contributed by atoms with Gasteiger partial charge in [0, 0.05) is 17.8 Å². The predicted octanol–water partition coefficient (Wildman–Crippen LogP) is 4.47. The Morgan fingerprint density at radius 2 is 1.90 bits per heavy atom. The number of allylic oxidation sites excluding steroid dienone is 1. The lowest BCUT2D eigenvalue weighted by molar-refractivity contribution is 0.104. The van der Waals surface area contributed by atoms with Gasteiger partial charge in [-0.1, -0.05) is 23.7 Å². The molecule has 0 fully saturated rings. The molecule has 0 spiro atoms. The van der Waals surface area contributed by atoms with Crippen molar-refractivity contribution in [3.63, 3.8) is 0 Å².